The van der Waals surface area contributed by atoms with Crippen molar-refractivity contribution in [1.29, 1.82) is 0 Å². The molecule has 17 heavy (non-hydrogen) atoms. The van der Waals surface area contributed by atoms with Gasteiger partial charge in [0.2, 0.25) is 5.91 Å². The zero-order valence-electron chi connectivity index (χ0n) is 9.63. The van der Waals surface area contributed by atoms with Crippen LogP contribution in [-0.2, 0) is 9.59 Å². The highest BCUT2D eigenvalue weighted by Crippen LogP contribution is 2.07. The van der Waals surface area contributed by atoms with Crippen molar-refractivity contribution in [3.05, 3.63) is 0 Å². The molecule has 1 amide bonds. The number of nitrogens with two attached hydrogens (primary N) is 1. The summed E-state index contributed by atoms with van der Waals surface area (Å²) in [6.45, 7) is 1.51. The number of carbonyl (C=O) groups is 2. The molecular formula is C10H19N3O4. The Morgan fingerprint density at radius 2 is 2.00 bits per heavy atom. The average molecular weight is 245 g/mol. The van der Waals surface area contributed by atoms with Crippen molar-refractivity contribution in [1.82, 2.24) is 10.2 Å². The number of aliphatic hydroxyl groups excluding tert-OH is 1. The summed E-state index contributed by atoms with van der Waals surface area (Å²) in [6, 6.07) is 0.211. The molecule has 1 heterocycles. The van der Waals surface area contributed by atoms with Crippen LogP contribution in [0, 0.1) is 0 Å². The van der Waals surface area contributed by atoms with E-state index in [0.717, 1.165) is 25.9 Å². The fraction of sp³-hybridized carbons (Fsp3) is 0.800. The van der Waals surface area contributed by atoms with Gasteiger partial charge in [0, 0.05) is 19.1 Å². The molecule has 0 bridgehead atoms. The second-order valence-corrected chi connectivity index (χ2v) is 4.27. The minimum absolute atomic E-state index is 0.211. The van der Waals surface area contributed by atoms with Crippen molar-refractivity contribution in [3.8, 4) is 0 Å². The molecule has 5 N–H and O–H groups in total. The number of likely N-dealkylation sites (tertiary alicyclic amines) is 1. The zero-order chi connectivity index (χ0) is 12.8. The molecule has 0 saturated carbocycles. The van der Waals surface area contributed by atoms with Crippen molar-refractivity contribution in [3.63, 3.8) is 0 Å². The fourth-order valence-electron chi connectivity index (χ4n) is 1.67. The number of hydrogen-bond acceptors (Lipinski definition) is 5. The Bertz CT molecular complexity index is 277. The summed E-state index contributed by atoms with van der Waals surface area (Å²) in [4.78, 5) is 23.7. The highest BCUT2D eigenvalue weighted by molar-refractivity contribution is 5.79. The van der Waals surface area contributed by atoms with E-state index < -0.39 is 12.1 Å². The maximum Gasteiger partial charge on any atom is 0.334 e. The minimum atomic E-state index is -1.55. The molecule has 1 atom stereocenters. The molecule has 0 aliphatic carbocycles. The van der Waals surface area contributed by atoms with Crippen LogP contribution in [-0.4, -0.2) is 65.3 Å². The van der Waals surface area contributed by atoms with Crippen molar-refractivity contribution in [2.75, 3.05) is 26.2 Å². The second-order valence-electron chi connectivity index (χ2n) is 4.27. The second kappa shape index (κ2) is 6.53. The van der Waals surface area contributed by atoms with Crippen LogP contribution in [0.15, 0.2) is 0 Å². The van der Waals surface area contributed by atoms with Crippen molar-refractivity contribution in [2.45, 2.75) is 25.0 Å². The fourth-order valence-corrected chi connectivity index (χ4v) is 1.67. The maximum absolute atomic E-state index is 11.4. The van der Waals surface area contributed by atoms with Crippen LogP contribution in [0.3, 0.4) is 0 Å². The van der Waals surface area contributed by atoms with Crippen LogP contribution in [0.25, 0.3) is 0 Å². The Balaban J connectivity index is 2.19. The normalized spacial score (nSPS) is 19.9. The van der Waals surface area contributed by atoms with Crippen molar-refractivity contribution < 1.29 is 19.8 Å². The standard InChI is InChI=1S/C10H19N3O4/c11-7-1-3-13(4-2-7)6-9(15)12-5-8(14)10(16)17/h7-8,14H,1-6,11H2,(H,12,15)(H,16,17). The van der Waals surface area contributed by atoms with Crippen LogP contribution >= 0.6 is 0 Å². The van der Waals surface area contributed by atoms with E-state index in [2.05, 4.69) is 5.32 Å². The minimum Gasteiger partial charge on any atom is -0.479 e. The number of carbonyl (C=O) groups excluding carboxylic acids is 1. The molecule has 0 spiro atoms. The molecule has 1 aliphatic rings. The number of aliphatic hydroxyl groups is 1. The molecule has 7 nitrogen and oxygen atoms in total. The van der Waals surface area contributed by atoms with Gasteiger partial charge in [-0.05, 0) is 12.8 Å². The first-order valence-corrected chi connectivity index (χ1v) is 5.64. The lowest BCUT2D eigenvalue weighted by atomic mass is 10.1. The number of carboxylic acids is 1. The van der Waals surface area contributed by atoms with Crippen LogP contribution in [0.2, 0.25) is 0 Å². The average Bonchev–Trinajstić information content (AvgIpc) is 2.29. The van der Waals surface area contributed by atoms with E-state index in [4.69, 9.17) is 15.9 Å². The Labute approximate surface area is 99.6 Å². The summed E-state index contributed by atoms with van der Waals surface area (Å²) < 4.78 is 0. The van der Waals surface area contributed by atoms with Gasteiger partial charge in [0.1, 0.15) is 0 Å². The smallest absolute Gasteiger partial charge is 0.334 e. The van der Waals surface area contributed by atoms with Crippen LogP contribution in [0.1, 0.15) is 12.8 Å². The number of hydrogen-bond donors (Lipinski definition) is 4. The predicted molar refractivity (Wildman–Crippen MR) is 60.3 cm³/mol. The highest BCUT2D eigenvalue weighted by atomic mass is 16.4. The maximum atomic E-state index is 11.4. The molecule has 1 saturated heterocycles. The van der Waals surface area contributed by atoms with E-state index in [-0.39, 0.29) is 25.0 Å². The van der Waals surface area contributed by atoms with E-state index in [1.54, 1.807) is 0 Å². The number of piperidine rings is 1. The quantitative estimate of drug-likeness (QED) is 0.444. The third-order valence-electron chi connectivity index (χ3n) is 2.78. The van der Waals surface area contributed by atoms with E-state index in [1.807, 2.05) is 4.90 Å². The number of aliphatic carboxylic acids is 1. The van der Waals surface area contributed by atoms with Gasteiger partial charge in [-0.2, -0.15) is 0 Å². The van der Waals surface area contributed by atoms with Gasteiger partial charge in [-0.25, -0.2) is 4.79 Å². The summed E-state index contributed by atoms with van der Waals surface area (Å²) in [5.74, 6) is -1.62. The molecule has 98 valence electrons. The molecule has 1 unspecified atom stereocenters. The Morgan fingerprint density at radius 1 is 1.41 bits per heavy atom. The summed E-state index contributed by atoms with van der Waals surface area (Å²) in [7, 11) is 0. The van der Waals surface area contributed by atoms with E-state index >= 15 is 0 Å². The number of rotatable bonds is 5. The number of amides is 1. The summed E-state index contributed by atoms with van der Waals surface area (Å²) >= 11 is 0. The lowest BCUT2D eigenvalue weighted by molar-refractivity contribution is -0.146. The number of nitrogens with zero attached hydrogens (tertiary/aromatic N) is 1. The summed E-state index contributed by atoms with van der Waals surface area (Å²) in [5.41, 5.74) is 5.73. The van der Waals surface area contributed by atoms with Crippen LogP contribution in [0.5, 0.6) is 0 Å². The Hall–Kier alpha value is -1.18. The SMILES string of the molecule is NC1CCN(CC(=O)NCC(O)C(=O)O)CC1. The van der Waals surface area contributed by atoms with E-state index in [1.165, 1.54) is 0 Å². The summed E-state index contributed by atoms with van der Waals surface area (Å²) in [6.07, 6.45) is 0.185. The lowest BCUT2D eigenvalue weighted by Gasteiger charge is -2.29. The monoisotopic (exact) mass is 245 g/mol. The first-order valence-electron chi connectivity index (χ1n) is 5.64. The van der Waals surface area contributed by atoms with Gasteiger partial charge in [-0.3, -0.25) is 9.69 Å². The molecule has 0 aromatic heterocycles. The topological polar surface area (TPSA) is 116 Å². The molecule has 1 aliphatic heterocycles. The summed E-state index contributed by atoms with van der Waals surface area (Å²) in [5, 5.41) is 19.8. The van der Waals surface area contributed by atoms with Crippen LogP contribution in [0.4, 0.5) is 0 Å². The van der Waals surface area contributed by atoms with Crippen LogP contribution < -0.4 is 11.1 Å². The molecule has 0 aromatic rings. The molecule has 1 fully saturated rings. The van der Waals surface area contributed by atoms with Gasteiger partial charge >= 0.3 is 5.97 Å². The van der Waals surface area contributed by atoms with E-state index in [9.17, 15) is 9.59 Å². The first-order chi connectivity index (χ1) is 7.99. The largest absolute Gasteiger partial charge is 0.479 e. The van der Waals surface area contributed by atoms with Crippen molar-refractivity contribution >= 4 is 11.9 Å². The predicted octanol–water partition coefficient (Wildman–Crippen LogP) is -2.03. The van der Waals surface area contributed by atoms with Gasteiger partial charge in [-0.15, -0.1) is 0 Å². The highest BCUT2D eigenvalue weighted by Gasteiger charge is 2.19. The molecular weight excluding hydrogens is 226 g/mol. The Kier molecular flexibility index (Phi) is 5.33. The molecule has 0 radical (unpaired) electrons. The van der Waals surface area contributed by atoms with Gasteiger partial charge in [-0.1, -0.05) is 0 Å². The molecule has 1 rings (SSSR count). The number of nitrogens with one attached hydrogen (secondary N) is 1. The molecule has 7 heteroatoms. The zero-order valence-corrected chi connectivity index (χ0v) is 9.63. The van der Waals surface area contributed by atoms with Gasteiger partial charge in [0.15, 0.2) is 6.10 Å². The third kappa shape index (κ3) is 5.12. The third-order valence-corrected chi connectivity index (χ3v) is 2.78. The van der Waals surface area contributed by atoms with E-state index in [0.29, 0.717) is 0 Å². The van der Waals surface area contributed by atoms with Gasteiger partial charge in [0.05, 0.1) is 13.1 Å². The molecule has 0 aromatic carbocycles. The Morgan fingerprint density at radius 3 is 2.53 bits per heavy atom. The lowest BCUT2D eigenvalue weighted by Crippen LogP contribution is -2.46. The van der Waals surface area contributed by atoms with Gasteiger partial charge in [0.25, 0.3) is 0 Å². The van der Waals surface area contributed by atoms with Gasteiger partial charge < -0.3 is 21.3 Å². The number of carboxylic acid groups (broad SMARTS) is 1. The first kappa shape index (κ1) is 13.9. The van der Waals surface area contributed by atoms with Crippen molar-refractivity contribution in [2.24, 2.45) is 5.73 Å².